The molecular weight excluding hydrogens is 208 g/mol. The van der Waals surface area contributed by atoms with Crippen molar-refractivity contribution in [2.75, 3.05) is 18.0 Å². The lowest BCUT2D eigenvalue weighted by Gasteiger charge is -2.22. The van der Waals surface area contributed by atoms with Gasteiger partial charge < -0.3 is 4.90 Å². The van der Waals surface area contributed by atoms with Gasteiger partial charge in [-0.3, -0.25) is 0 Å². The van der Waals surface area contributed by atoms with Crippen molar-refractivity contribution in [2.45, 2.75) is 19.7 Å². The minimum absolute atomic E-state index is 0.452. The van der Waals surface area contributed by atoms with Gasteiger partial charge in [0, 0.05) is 19.0 Å². The lowest BCUT2D eigenvalue weighted by molar-refractivity contribution is 0.864. The molecule has 0 spiro atoms. The van der Waals surface area contributed by atoms with Crippen LogP contribution >= 0.6 is 11.6 Å². The fraction of sp³-hybridized carbons (Fsp3) is 0.417. The predicted molar refractivity (Wildman–Crippen MR) is 64.3 cm³/mol. The van der Waals surface area contributed by atoms with Crippen LogP contribution in [0.25, 0.3) is 0 Å². The molecule has 0 N–H and O–H groups in total. The number of alkyl halides is 1. The topological polar surface area (TPSA) is 27.0 Å². The largest absolute Gasteiger partial charge is 0.371 e. The maximum absolute atomic E-state index is 9.06. The van der Waals surface area contributed by atoms with Gasteiger partial charge in [0.15, 0.2) is 0 Å². The number of hydrogen-bond donors (Lipinski definition) is 0. The van der Waals surface area contributed by atoms with E-state index in [0.29, 0.717) is 11.4 Å². The molecule has 0 amide bonds. The van der Waals surface area contributed by atoms with E-state index in [1.54, 1.807) is 0 Å². The smallest absolute Gasteiger partial charge is 0.101 e. The molecule has 0 aromatic heterocycles. The highest BCUT2D eigenvalue weighted by atomic mass is 35.5. The monoisotopic (exact) mass is 222 g/mol. The lowest BCUT2D eigenvalue weighted by atomic mass is 10.1. The van der Waals surface area contributed by atoms with Gasteiger partial charge in [-0.2, -0.15) is 5.26 Å². The molecule has 1 aromatic carbocycles. The highest BCUT2D eigenvalue weighted by Crippen LogP contribution is 2.21. The Hall–Kier alpha value is -1.20. The van der Waals surface area contributed by atoms with Gasteiger partial charge in [-0.25, -0.2) is 0 Å². The molecule has 0 saturated carbocycles. The lowest BCUT2D eigenvalue weighted by Crippen LogP contribution is -2.22. The van der Waals surface area contributed by atoms with Gasteiger partial charge in [0.1, 0.15) is 6.07 Å². The van der Waals surface area contributed by atoms with Crippen LogP contribution in [0.3, 0.4) is 0 Å². The number of anilines is 1. The van der Waals surface area contributed by atoms with Crippen LogP contribution in [0.5, 0.6) is 0 Å². The first-order chi connectivity index (χ1) is 7.26. The van der Waals surface area contributed by atoms with Gasteiger partial charge in [0.2, 0.25) is 0 Å². The van der Waals surface area contributed by atoms with Crippen LogP contribution in [0.2, 0.25) is 0 Å². The molecule has 0 fully saturated rings. The van der Waals surface area contributed by atoms with E-state index in [4.69, 9.17) is 16.9 Å². The Morgan fingerprint density at radius 3 is 2.47 bits per heavy atom. The molecule has 2 nitrogen and oxygen atoms in total. The van der Waals surface area contributed by atoms with E-state index in [-0.39, 0.29) is 0 Å². The third-order valence-electron chi connectivity index (χ3n) is 2.44. The first-order valence-corrected chi connectivity index (χ1v) is 5.64. The number of nitriles is 1. The number of halogens is 1. The van der Waals surface area contributed by atoms with Crippen LogP contribution in [-0.2, 0) is 5.88 Å². The van der Waals surface area contributed by atoms with Crippen LogP contribution in [-0.4, -0.2) is 13.1 Å². The van der Waals surface area contributed by atoms with E-state index in [1.165, 1.54) is 0 Å². The van der Waals surface area contributed by atoms with Gasteiger partial charge in [0.05, 0.1) is 11.3 Å². The minimum atomic E-state index is 0.452. The van der Waals surface area contributed by atoms with E-state index < -0.39 is 0 Å². The van der Waals surface area contributed by atoms with Crippen molar-refractivity contribution in [3.05, 3.63) is 29.3 Å². The predicted octanol–water partition coefficient (Wildman–Crippen LogP) is 3.14. The fourth-order valence-corrected chi connectivity index (χ4v) is 1.76. The average Bonchev–Trinajstić information content (AvgIpc) is 2.31. The van der Waals surface area contributed by atoms with Crippen molar-refractivity contribution in [1.82, 2.24) is 0 Å². The summed E-state index contributed by atoms with van der Waals surface area (Å²) in [5, 5.41) is 9.06. The summed E-state index contributed by atoms with van der Waals surface area (Å²) >= 11 is 5.73. The number of nitrogens with zero attached hydrogens (tertiary/aromatic N) is 2. The molecule has 0 aliphatic rings. The number of rotatable bonds is 4. The summed E-state index contributed by atoms with van der Waals surface area (Å²) in [6, 6.07) is 8.03. The van der Waals surface area contributed by atoms with Crippen molar-refractivity contribution in [2.24, 2.45) is 0 Å². The molecule has 0 bridgehead atoms. The zero-order chi connectivity index (χ0) is 11.3. The first-order valence-electron chi connectivity index (χ1n) is 5.10. The van der Waals surface area contributed by atoms with Crippen LogP contribution in [0.4, 0.5) is 5.69 Å². The van der Waals surface area contributed by atoms with Crippen LogP contribution < -0.4 is 4.90 Å². The normalized spacial score (nSPS) is 9.73. The molecule has 0 radical (unpaired) electrons. The molecule has 1 aromatic rings. The Balaban J connectivity index is 3.13. The first kappa shape index (κ1) is 11.9. The highest BCUT2D eigenvalue weighted by Gasteiger charge is 2.08. The third-order valence-corrected chi connectivity index (χ3v) is 2.75. The Morgan fingerprint density at radius 1 is 1.33 bits per heavy atom. The van der Waals surface area contributed by atoms with Crippen LogP contribution in [0.15, 0.2) is 18.2 Å². The maximum atomic E-state index is 9.06. The molecule has 0 unspecified atom stereocenters. The molecule has 15 heavy (non-hydrogen) atoms. The standard InChI is InChI=1S/C12H15ClN2/c1-3-15(4-2)12-6-5-10(8-13)7-11(12)9-14/h5-7H,3-4,8H2,1-2H3. The highest BCUT2D eigenvalue weighted by molar-refractivity contribution is 6.17. The second kappa shape index (κ2) is 5.63. The van der Waals surface area contributed by atoms with E-state index in [9.17, 15) is 0 Å². The SMILES string of the molecule is CCN(CC)c1ccc(CCl)cc1C#N. The molecule has 80 valence electrons. The average molecular weight is 223 g/mol. The van der Waals surface area contributed by atoms with E-state index in [0.717, 1.165) is 24.3 Å². The summed E-state index contributed by atoms with van der Waals surface area (Å²) < 4.78 is 0. The van der Waals surface area contributed by atoms with Crippen LogP contribution in [0, 0.1) is 11.3 Å². The summed E-state index contributed by atoms with van der Waals surface area (Å²) in [6.07, 6.45) is 0. The molecule has 0 aliphatic heterocycles. The summed E-state index contributed by atoms with van der Waals surface area (Å²) in [4.78, 5) is 2.16. The van der Waals surface area contributed by atoms with Gasteiger partial charge in [0.25, 0.3) is 0 Å². The summed E-state index contributed by atoms with van der Waals surface area (Å²) in [6.45, 7) is 5.98. The van der Waals surface area contributed by atoms with Crippen molar-refractivity contribution < 1.29 is 0 Å². The Kier molecular flexibility index (Phi) is 4.45. The second-order valence-corrected chi connectivity index (χ2v) is 3.54. The van der Waals surface area contributed by atoms with Crippen molar-refractivity contribution >= 4 is 17.3 Å². The molecule has 0 saturated heterocycles. The second-order valence-electron chi connectivity index (χ2n) is 3.27. The molecular formula is C12H15ClN2. The quantitative estimate of drug-likeness (QED) is 0.732. The Labute approximate surface area is 96.1 Å². The zero-order valence-electron chi connectivity index (χ0n) is 9.13. The number of hydrogen-bond acceptors (Lipinski definition) is 2. The molecule has 0 heterocycles. The Bertz CT molecular complexity index is 364. The van der Waals surface area contributed by atoms with Crippen molar-refractivity contribution in [1.29, 1.82) is 5.26 Å². The maximum Gasteiger partial charge on any atom is 0.101 e. The van der Waals surface area contributed by atoms with E-state index >= 15 is 0 Å². The van der Waals surface area contributed by atoms with Gasteiger partial charge in [-0.05, 0) is 31.5 Å². The summed E-state index contributed by atoms with van der Waals surface area (Å²) in [7, 11) is 0. The minimum Gasteiger partial charge on any atom is -0.371 e. The summed E-state index contributed by atoms with van der Waals surface area (Å²) in [5.41, 5.74) is 2.69. The van der Waals surface area contributed by atoms with Gasteiger partial charge >= 0.3 is 0 Å². The zero-order valence-corrected chi connectivity index (χ0v) is 9.88. The van der Waals surface area contributed by atoms with Crippen molar-refractivity contribution in [3.63, 3.8) is 0 Å². The third kappa shape index (κ3) is 2.64. The van der Waals surface area contributed by atoms with Gasteiger partial charge in [-0.15, -0.1) is 11.6 Å². The summed E-state index contributed by atoms with van der Waals surface area (Å²) in [5.74, 6) is 0.452. The van der Waals surface area contributed by atoms with E-state index in [1.807, 2.05) is 18.2 Å². The number of benzene rings is 1. The van der Waals surface area contributed by atoms with Crippen molar-refractivity contribution in [3.8, 4) is 6.07 Å². The molecule has 0 atom stereocenters. The molecule has 0 aliphatic carbocycles. The van der Waals surface area contributed by atoms with Crippen LogP contribution in [0.1, 0.15) is 25.0 Å². The fourth-order valence-electron chi connectivity index (χ4n) is 1.60. The molecule has 3 heteroatoms. The molecule has 1 rings (SSSR count). The van der Waals surface area contributed by atoms with Gasteiger partial charge in [-0.1, -0.05) is 6.07 Å². The Morgan fingerprint density at radius 2 is 2.00 bits per heavy atom. The van der Waals surface area contributed by atoms with E-state index in [2.05, 4.69) is 24.8 Å².